The van der Waals surface area contributed by atoms with Crippen LogP contribution in [0.2, 0.25) is 0 Å². The van der Waals surface area contributed by atoms with Crippen LogP contribution in [-0.4, -0.2) is 12.2 Å². The molecular weight excluding hydrogens is 254 g/mol. The number of benzene rings is 2. The average molecular weight is 267 g/mol. The fraction of sp³-hybridized carbons (Fsp3) is 0.0667. The molecule has 2 aromatic carbocycles. The van der Waals surface area contributed by atoms with Gasteiger partial charge in [0.05, 0.1) is 11.4 Å². The van der Waals surface area contributed by atoms with Gasteiger partial charge in [0.25, 0.3) is 0 Å². The summed E-state index contributed by atoms with van der Waals surface area (Å²) in [7, 11) is 0. The SMILES string of the molecule is N.O=C=Nc1ccc(Cc2ccc(N=C=O)cc2)cc1. The normalized spacial score (nSPS) is 8.80. The first-order chi connectivity index (χ1) is 9.31. The van der Waals surface area contributed by atoms with Crippen LogP contribution in [0.15, 0.2) is 58.5 Å². The van der Waals surface area contributed by atoms with E-state index >= 15 is 0 Å². The van der Waals surface area contributed by atoms with Crippen LogP contribution in [0.25, 0.3) is 0 Å². The zero-order valence-corrected chi connectivity index (χ0v) is 10.7. The molecular formula is C15H13N3O2. The molecule has 0 atom stereocenters. The Balaban J connectivity index is 0.00000200. The minimum atomic E-state index is 0. The van der Waals surface area contributed by atoms with Gasteiger partial charge in [-0.2, -0.15) is 9.98 Å². The second-order valence-corrected chi connectivity index (χ2v) is 3.92. The van der Waals surface area contributed by atoms with Crippen LogP contribution < -0.4 is 6.15 Å². The molecule has 0 unspecified atom stereocenters. The van der Waals surface area contributed by atoms with E-state index in [0.29, 0.717) is 11.4 Å². The van der Waals surface area contributed by atoms with Gasteiger partial charge in [0.15, 0.2) is 0 Å². The van der Waals surface area contributed by atoms with Gasteiger partial charge in [-0.25, -0.2) is 9.59 Å². The molecule has 20 heavy (non-hydrogen) atoms. The molecule has 100 valence electrons. The lowest BCUT2D eigenvalue weighted by molar-refractivity contribution is 0.564. The van der Waals surface area contributed by atoms with Crippen LogP contribution >= 0.6 is 0 Å². The number of carbonyl (C=O) groups excluding carboxylic acids is 2. The Kier molecular flexibility index (Phi) is 5.75. The quantitative estimate of drug-likeness (QED) is 0.679. The van der Waals surface area contributed by atoms with Gasteiger partial charge in [-0.05, 0) is 41.8 Å². The fourth-order valence-corrected chi connectivity index (χ4v) is 1.72. The predicted octanol–water partition coefficient (Wildman–Crippen LogP) is 3.37. The first kappa shape index (κ1) is 15.2. The third kappa shape index (κ3) is 4.12. The summed E-state index contributed by atoms with van der Waals surface area (Å²) in [4.78, 5) is 27.3. The van der Waals surface area contributed by atoms with E-state index in [2.05, 4.69) is 9.98 Å². The van der Waals surface area contributed by atoms with Gasteiger partial charge >= 0.3 is 0 Å². The van der Waals surface area contributed by atoms with Crippen molar-refractivity contribution in [2.24, 2.45) is 9.98 Å². The summed E-state index contributed by atoms with van der Waals surface area (Å²) in [6.07, 6.45) is 3.77. The second kappa shape index (κ2) is 7.56. The van der Waals surface area contributed by atoms with Gasteiger partial charge in [-0.15, -0.1) is 0 Å². The number of nitrogens with zero attached hydrogens (tertiary/aromatic N) is 2. The summed E-state index contributed by atoms with van der Waals surface area (Å²) in [5, 5.41) is 0. The molecule has 2 aromatic rings. The molecule has 0 fully saturated rings. The average Bonchev–Trinajstić information content (AvgIpc) is 2.44. The molecule has 0 aliphatic carbocycles. The zero-order chi connectivity index (χ0) is 13.5. The topological polar surface area (TPSA) is 93.9 Å². The van der Waals surface area contributed by atoms with Crippen molar-refractivity contribution in [2.75, 3.05) is 0 Å². The summed E-state index contributed by atoms with van der Waals surface area (Å²) in [5.41, 5.74) is 3.40. The van der Waals surface area contributed by atoms with Gasteiger partial charge in [0.2, 0.25) is 12.2 Å². The lowest BCUT2D eigenvalue weighted by atomic mass is 10.0. The summed E-state index contributed by atoms with van der Waals surface area (Å²) in [6, 6.07) is 14.7. The zero-order valence-electron chi connectivity index (χ0n) is 10.7. The van der Waals surface area contributed by atoms with E-state index < -0.39 is 0 Å². The van der Waals surface area contributed by atoms with E-state index in [-0.39, 0.29) is 6.15 Å². The minimum absolute atomic E-state index is 0. The van der Waals surface area contributed by atoms with Crippen LogP contribution in [0.4, 0.5) is 11.4 Å². The Hall–Kier alpha value is -2.84. The third-order valence-electron chi connectivity index (χ3n) is 2.63. The smallest absolute Gasteiger partial charge is 0.240 e. The molecule has 0 bridgehead atoms. The highest BCUT2D eigenvalue weighted by Crippen LogP contribution is 2.17. The molecule has 0 spiro atoms. The van der Waals surface area contributed by atoms with E-state index in [1.807, 2.05) is 24.3 Å². The Labute approximate surface area is 116 Å². The van der Waals surface area contributed by atoms with E-state index in [0.717, 1.165) is 17.5 Å². The van der Waals surface area contributed by atoms with Gasteiger partial charge in [0, 0.05) is 0 Å². The molecule has 0 saturated heterocycles. The predicted molar refractivity (Wildman–Crippen MR) is 76.3 cm³/mol. The lowest BCUT2D eigenvalue weighted by Gasteiger charge is -2.02. The molecule has 0 aliphatic heterocycles. The number of rotatable bonds is 4. The van der Waals surface area contributed by atoms with Crippen molar-refractivity contribution < 1.29 is 9.59 Å². The molecule has 0 radical (unpaired) electrons. The number of aliphatic imine (C=N–C) groups is 2. The van der Waals surface area contributed by atoms with E-state index in [4.69, 9.17) is 0 Å². The lowest BCUT2D eigenvalue weighted by Crippen LogP contribution is -1.86. The van der Waals surface area contributed by atoms with Gasteiger partial charge in [-0.3, -0.25) is 0 Å². The van der Waals surface area contributed by atoms with Crippen molar-refractivity contribution in [3.8, 4) is 0 Å². The maximum atomic E-state index is 10.1. The molecule has 0 aliphatic rings. The first-order valence-corrected chi connectivity index (χ1v) is 5.65. The molecule has 5 heteroatoms. The minimum Gasteiger partial charge on any atom is -0.344 e. The van der Waals surface area contributed by atoms with Crippen molar-refractivity contribution in [1.82, 2.24) is 6.15 Å². The van der Waals surface area contributed by atoms with Crippen molar-refractivity contribution in [2.45, 2.75) is 6.42 Å². The Morgan fingerprint density at radius 3 is 1.35 bits per heavy atom. The van der Waals surface area contributed by atoms with Gasteiger partial charge in [-0.1, -0.05) is 24.3 Å². The third-order valence-corrected chi connectivity index (χ3v) is 2.63. The highest BCUT2D eigenvalue weighted by atomic mass is 16.1. The first-order valence-electron chi connectivity index (χ1n) is 5.65. The Morgan fingerprint density at radius 1 is 0.700 bits per heavy atom. The molecule has 0 saturated carbocycles. The van der Waals surface area contributed by atoms with Crippen molar-refractivity contribution in [1.29, 1.82) is 0 Å². The number of hydrogen-bond acceptors (Lipinski definition) is 5. The summed E-state index contributed by atoms with van der Waals surface area (Å²) in [6.45, 7) is 0. The highest BCUT2D eigenvalue weighted by molar-refractivity contribution is 5.51. The summed E-state index contributed by atoms with van der Waals surface area (Å²) in [5.74, 6) is 0. The number of hydrogen-bond donors (Lipinski definition) is 1. The van der Waals surface area contributed by atoms with Crippen LogP contribution in [0.3, 0.4) is 0 Å². The largest absolute Gasteiger partial charge is 0.344 e. The summed E-state index contributed by atoms with van der Waals surface area (Å²) < 4.78 is 0. The van der Waals surface area contributed by atoms with Crippen molar-refractivity contribution in [3.63, 3.8) is 0 Å². The van der Waals surface area contributed by atoms with E-state index in [9.17, 15) is 9.59 Å². The molecule has 0 amide bonds. The van der Waals surface area contributed by atoms with Gasteiger partial charge in [0.1, 0.15) is 0 Å². The number of isocyanates is 2. The Bertz CT molecular complexity index is 591. The summed E-state index contributed by atoms with van der Waals surface area (Å²) >= 11 is 0. The van der Waals surface area contributed by atoms with E-state index in [1.165, 1.54) is 12.2 Å². The molecule has 5 nitrogen and oxygen atoms in total. The van der Waals surface area contributed by atoms with Crippen LogP contribution in [0.1, 0.15) is 11.1 Å². The maximum absolute atomic E-state index is 10.1. The van der Waals surface area contributed by atoms with Crippen LogP contribution in [0.5, 0.6) is 0 Å². The highest BCUT2D eigenvalue weighted by Gasteiger charge is 1.97. The standard InChI is InChI=1S/C15H10N2O2.H3N/c18-10-16-14-5-1-12(2-6-14)9-13-3-7-15(8-4-13)17-11-19;/h1-8H,9H2;1H3. The molecule has 2 rings (SSSR count). The second-order valence-electron chi connectivity index (χ2n) is 3.92. The Morgan fingerprint density at radius 2 is 1.05 bits per heavy atom. The monoisotopic (exact) mass is 267 g/mol. The molecule has 0 aromatic heterocycles. The fourth-order valence-electron chi connectivity index (χ4n) is 1.72. The van der Waals surface area contributed by atoms with Crippen LogP contribution in [0, 0.1) is 0 Å². The van der Waals surface area contributed by atoms with Crippen molar-refractivity contribution >= 4 is 23.5 Å². The van der Waals surface area contributed by atoms with Crippen molar-refractivity contribution in [3.05, 3.63) is 59.7 Å². The van der Waals surface area contributed by atoms with E-state index in [1.54, 1.807) is 24.3 Å². The van der Waals surface area contributed by atoms with Gasteiger partial charge < -0.3 is 6.15 Å². The molecule has 0 heterocycles. The molecule has 3 N–H and O–H groups in total. The van der Waals surface area contributed by atoms with Crippen LogP contribution in [-0.2, 0) is 16.0 Å². The maximum Gasteiger partial charge on any atom is 0.240 e.